The van der Waals surface area contributed by atoms with E-state index in [1.807, 2.05) is 0 Å². The van der Waals surface area contributed by atoms with Crippen molar-refractivity contribution in [1.82, 2.24) is 0 Å². The molecule has 1 aliphatic rings. The van der Waals surface area contributed by atoms with E-state index in [9.17, 15) is 17.0 Å². The Balaban J connectivity index is 3.18. The molecule has 0 saturated carbocycles. The van der Waals surface area contributed by atoms with Gasteiger partial charge >= 0.3 is 16.7 Å². The number of alkyl halides is 2. The molecule has 0 N–H and O–H groups in total. The van der Waals surface area contributed by atoms with E-state index in [-0.39, 0.29) is 0 Å². The Morgan fingerprint density at radius 3 is 2.25 bits per heavy atom. The maximum Gasteiger partial charge on any atom is 0.335 e. The van der Waals surface area contributed by atoms with Crippen molar-refractivity contribution in [3.05, 3.63) is 0 Å². The number of hydrogen-bond acceptors (Lipinski definition) is 5. The van der Waals surface area contributed by atoms with Gasteiger partial charge in [-0.05, 0) is 5.87 Å². The third kappa shape index (κ3) is 1.72. The molecule has 1 rings (SSSR count). The van der Waals surface area contributed by atoms with Crippen molar-refractivity contribution in [2.75, 3.05) is 0 Å². The minimum atomic E-state index is -4.39. The molecule has 0 aromatic heterocycles. The van der Waals surface area contributed by atoms with Gasteiger partial charge in [-0.15, -0.1) is 0 Å². The van der Waals surface area contributed by atoms with E-state index >= 15 is 0 Å². The highest BCUT2D eigenvalue weighted by Crippen LogP contribution is 2.27. The zero-order valence-electron chi connectivity index (χ0n) is 5.48. The van der Waals surface area contributed by atoms with Gasteiger partial charge in [0, 0.05) is 0 Å². The van der Waals surface area contributed by atoms with Gasteiger partial charge in [-0.2, -0.15) is 12.8 Å². The monoisotopic (exact) mass is 238 g/mol. The fourth-order valence-electron chi connectivity index (χ4n) is 0.516. The van der Waals surface area contributed by atoms with Crippen LogP contribution in [0.5, 0.6) is 0 Å². The molecule has 0 aliphatic carbocycles. The molecule has 3 unspecified atom stereocenters. The zero-order valence-corrected chi connectivity index (χ0v) is 7.86. The second-order valence-corrected chi connectivity index (χ2v) is 6.79. The van der Waals surface area contributed by atoms with E-state index in [4.69, 9.17) is 11.6 Å². The fraction of sp³-hybridized carbons (Fsp3) is 0.667. The van der Waals surface area contributed by atoms with Crippen LogP contribution in [0.25, 0.3) is 0 Å². The topological polar surface area (TPSA) is 69.7 Å². The summed E-state index contributed by atoms with van der Waals surface area (Å²) in [6.07, 6.45) is 0. The Labute approximate surface area is 73.7 Å². The van der Waals surface area contributed by atoms with Crippen molar-refractivity contribution in [3.8, 4) is 0 Å². The molecular formula is C3H4ClFO5S2. The van der Waals surface area contributed by atoms with Gasteiger partial charge in [0.05, 0.1) is 0 Å². The lowest BCUT2D eigenvalue weighted by atomic mass is 11.4. The molecule has 0 aromatic carbocycles. The first-order valence-corrected chi connectivity index (χ1v) is 6.12. The molecule has 1 heterocycles. The predicted molar refractivity (Wildman–Crippen MR) is 40.9 cm³/mol. The van der Waals surface area contributed by atoms with Crippen LogP contribution >= 0.6 is 11.6 Å². The average molecular weight is 239 g/mol. The third-order valence-electron chi connectivity index (χ3n) is 0.958. The molecule has 0 radical (unpaired) electrons. The zero-order chi connectivity index (χ0) is 9.57. The summed E-state index contributed by atoms with van der Waals surface area (Å²) in [6.45, 7) is -2.60. The van der Waals surface area contributed by atoms with E-state index in [1.54, 1.807) is 0 Å². The number of hydrogen-bond donors (Lipinski definition) is 0. The highest BCUT2D eigenvalue weighted by molar-refractivity contribution is 8.11. The van der Waals surface area contributed by atoms with Crippen LogP contribution in [0.4, 0.5) is 4.39 Å². The number of halogens is 2. The van der Waals surface area contributed by atoms with Gasteiger partial charge in [-0.1, -0.05) is 11.6 Å². The summed E-state index contributed by atoms with van der Waals surface area (Å²) in [6, 6.07) is 0. The molecule has 72 valence electrons. The molecule has 1 aliphatic heterocycles. The van der Waals surface area contributed by atoms with Crippen LogP contribution in [-0.4, -0.2) is 29.1 Å². The van der Waals surface area contributed by atoms with Gasteiger partial charge in [0.1, 0.15) is 9.80 Å². The van der Waals surface area contributed by atoms with Crippen LogP contribution in [0.2, 0.25) is 0 Å². The molecule has 1 saturated heterocycles. The molecule has 0 spiro atoms. The smallest absolute Gasteiger partial charge is 0.238 e. The Morgan fingerprint density at radius 2 is 1.83 bits per heavy atom. The van der Waals surface area contributed by atoms with Crippen LogP contribution in [-0.2, 0) is 28.3 Å². The van der Waals surface area contributed by atoms with Crippen molar-refractivity contribution in [3.63, 3.8) is 0 Å². The SMILES string of the molecule is C=S1(=O)OC(F)OS(=O)(=O)C1Cl. The van der Waals surface area contributed by atoms with Crippen molar-refractivity contribution in [1.29, 1.82) is 0 Å². The molecule has 0 amide bonds. The molecular weight excluding hydrogens is 235 g/mol. The van der Waals surface area contributed by atoms with E-state index in [2.05, 4.69) is 14.2 Å². The van der Waals surface area contributed by atoms with Crippen molar-refractivity contribution in [2.24, 2.45) is 0 Å². The molecule has 5 nitrogen and oxygen atoms in total. The largest absolute Gasteiger partial charge is 0.335 e. The summed E-state index contributed by atoms with van der Waals surface area (Å²) in [5.74, 6) is 2.83. The van der Waals surface area contributed by atoms with E-state index in [0.717, 1.165) is 0 Å². The lowest BCUT2D eigenvalue weighted by molar-refractivity contribution is -0.0908. The summed E-state index contributed by atoms with van der Waals surface area (Å²) < 4.78 is 50.3. The first-order valence-electron chi connectivity index (χ1n) is 2.50. The van der Waals surface area contributed by atoms with Crippen LogP contribution in [0.1, 0.15) is 0 Å². The normalized spacial score (nSPS) is 47.2. The van der Waals surface area contributed by atoms with Crippen LogP contribution in [0.3, 0.4) is 0 Å². The lowest BCUT2D eigenvalue weighted by Crippen LogP contribution is -2.38. The minimum absolute atomic E-state index is 1.98. The van der Waals surface area contributed by atoms with E-state index < -0.39 is 30.5 Å². The quantitative estimate of drug-likeness (QED) is 0.331. The summed E-state index contributed by atoms with van der Waals surface area (Å²) in [7, 11) is -8.03. The van der Waals surface area contributed by atoms with Crippen LogP contribution in [0.15, 0.2) is 0 Å². The van der Waals surface area contributed by atoms with E-state index in [0.29, 0.717) is 0 Å². The van der Waals surface area contributed by atoms with Gasteiger partial charge in [0.25, 0.3) is 0 Å². The highest BCUT2D eigenvalue weighted by atomic mass is 35.5. The first-order chi connectivity index (χ1) is 5.26. The Kier molecular flexibility index (Phi) is 2.39. The Morgan fingerprint density at radius 1 is 1.33 bits per heavy atom. The summed E-state index contributed by atoms with van der Waals surface area (Å²) in [5, 5.41) is 0. The minimum Gasteiger partial charge on any atom is -0.238 e. The average Bonchev–Trinajstić information content (AvgIpc) is 1.80. The van der Waals surface area contributed by atoms with Gasteiger partial charge in [0.2, 0.25) is 4.04 Å². The summed E-state index contributed by atoms with van der Waals surface area (Å²) in [5.41, 5.74) is 0. The molecule has 0 aromatic rings. The van der Waals surface area contributed by atoms with Crippen molar-refractivity contribution < 1.29 is 25.4 Å². The second-order valence-electron chi connectivity index (χ2n) is 1.90. The maximum absolute atomic E-state index is 12.2. The van der Waals surface area contributed by atoms with Gasteiger partial charge < -0.3 is 0 Å². The first kappa shape index (κ1) is 10.2. The molecule has 1 fully saturated rings. The number of rotatable bonds is 0. The highest BCUT2D eigenvalue weighted by Gasteiger charge is 2.42. The molecule has 0 bridgehead atoms. The van der Waals surface area contributed by atoms with Crippen molar-refractivity contribution >= 4 is 37.4 Å². The standard InChI is InChI=1S/C3H4ClFO5S2/c1-11(6)2(4)12(7,8)10-3(5)9-11/h2-3H,1H2. The summed E-state index contributed by atoms with van der Waals surface area (Å²) >= 11 is 5.12. The van der Waals surface area contributed by atoms with Crippen LogP contribution in [0, 0.1) is 0 Å². The van der Waals surface area contributed by atoms with Gasteiger partial charge in [-0.3, -0.25) is 0 Å². The maximum atomic E-state index is 12.2. The third-order valence-corrected chi connectivity index (χ3v) is 5.93. The van der Waals surface area contributed by atoms with Gasteiger partial charge in [-0.25, -0.2) is 12.6 Å². The van der Waals surface area contributed by atoms with E-state index in [1.165, 1.54) is 0 Å². The fourth-order valence-corrected chi connectivity index (χ4v) is 3.25. The predicted octanol–water partition coefficient (Wildman–Crippen LogP) is -0.230. The molecule has 12 heavy (non-hydrogen) atoms. The Hall–Kier alpha value is 0.110. The molecule has 3 atom stereocenters. The lowest BCUT2D eigenvalue weighted by Gasteiger charge is -2.23. The van der Waals surface area contributed by atoms with Gasteiger partial charge in [0.15, 0.2) is 0 Å². The summed E-state index contributed by atoms with van der Waals surface area (Å²) in [4.78, 5) is 0. The van der Waals surface area contributed by atoms with Crippen molar-refractivity contribution in [2.45, 2.75) is 10.6 Å². The van der Waals surface area contributed by atoms with Crippen LogP contribution < -0.4 is 0 Å². The molecule has 9 heteroatoms. The second kappa shape index (κ2) is 2.81. The Bertz CT molecular complexity index is 335.